The van der Waals surface area contributed by atoms with Crippen molar-refractivity contribution in [1.82, 2.24) is 0 Å². The monoisotopic (exact) mass is 306 g/mol. The van der Waals surface area contributed by atoms with Crippen molar-refractivity contribution < 1.29 is 4.74 Å². The molecule has 5 heteroatoms. The van der Waals surface area contributed by atoms with Gasteiger partial charge in [0.05, 0.1) is 12.8 Å². The van der Waals surface area contributed by atoms with E-state index in [1.54, 1.807) is 19.2 Å². The molecule has 0 radical (unpaired) electrons. The summed E-state index contributed by atoms with van der Waals surface area (Å²) in [5, 5.41) is 3.93. The molecule has 0 aliphatic heterocycles. The van der Waals surface area contributed by atoms with E-state index in [1.807, 2.05) is 31.2 Å². The van der Waals surface area contributed by atoms with Crippen LogP contribution in [0.25, 0.3) is 0 Å². The van der Waals surface area contributed by atoms with Gasteiger partial charge in [-0.2, -0.15) is 0 Å². The number of nitrogens with two attached hydrogens (primary N) is 1. The third kappa shape index (κ3) is 3.21. The number of benzene rings is 2. The van der Waals surface area contributed by atoms with Crippen LogP contribution in [0, 0.1) is 6.92 Å². The molecule has 0 spiro atoms. The number of anilines is 2. The van der Waals surface area contributed by atoms with E-state index in [2.05, 4.69) is 5.32 Å². The summed E-state index contributed by atoms with van der Waals surface area (Å²) in [6, 6.07) is 11.2. The molecule has 2 aromatic carbocycles. The Morgan fingerprint density at radius 1 is 1.20 bits per heavy atom. The Morgan fingerprint density at radius 3 is 2.55 bits per heavy atom. The molecule has 0 unspecified atom stereocenters. The summed E-state index contributed by atoms with van der Waals surface area (Å²) >= 11 is 11.1. The van der Waals surface area contributed by atoms with Crippen molar-refractivity contribution in [2.45, 2.75) is 6.92 Å². The maximum Gasteiger partial charge on any atom is 0.119 e. The molecule has 104 valence electrons. The van der Waals surface area contributed by atoms with Gasteiger partial charge in [0, 0.05) is 16.3 Å². The normalized spacial score (nSPS) is 10.2. The van der Waals surface area contributed by atoms with Crippen LogP contribution in [0.1, 0.15) is 11.1 Å². The van der Waals surface area contributed by atoms with Gasteiger partial charge >= 0.3 is 0 Å². The van der Waals surface area contributed by atoms with Crippen molar-refractivity contribution >= 4 is 40.2 Å². The third-order valence-electron chi connectivity index (χ3n) is 2.95. The molecule has 0 amide bonds. The first kappa shape index (κ1) is 14.6. The maximum absolute atomic E-state index is 6.03. The van der Waals surface area contributed by atoms with Crippen molar-refractivity contribution in [3.63, 3.8) is 0 Å². The van der Waals surface area contributed by atoms with E-state index in [-0.39, 0.29) is 0 Å². The van der Waals surface area contributed by atoms with Crippen molar-refractivity contribution in [2.24, 2.45) is 5.73 Å². The molecule has 0 aliphatic carbocycles. The average Bonchev–Trinajstić information content (AvgIpc) is 2.40. The van der Waals surface area contributed by atoms with Crippen LogP contribution in [-0.4, -0.2) is 12.1 Å². The molecule has 20 heavy (non-hydrogen) atoms. The molecule has 0 atom stereocenters. The van der Waals surface area contributed by atoms with Crippen molar-refractivity contribution in [1.29, 1.82) is 0 Å². The van der Waals surface area contributed by atoms with Gasteiger partial charge in [0.1, 0.15) is 10.7 Å². The molecule has 0 bridgehead atoms. The van der Waals surface area contributed by atoms with Gasteiger partial charge in [0.2, 0.25) is 0 Å². The smallest absolute Gasteiger partial charge is 0.119 e. The summed E-state index contributed by atoms with van der Waals surface area (Å²) in [6.45, 7) is 2.00. The van der Waals surface area contributed by atoms with E-state index in [0.717, 1.165) is 28.3 Å². The van der Waals surface area contributed by atoms with Crippen LogP contribution >= 0.6 is 23.8 Å². The maximum atomic E-state index is 6.03. The SMILES string of the molecule is COc1ccc(Nc2cc(Cl)ccc2C(N)=S)c(C)c1. The lowest BCUT2D eigenvalue weighted by Crippen LogP contribution is -2.12. The first-order valence-corrected chi connectivity index (χ1v) is 6.81. The van der Waals surface area contributed by atoms with E-state index in [0.29, 0.717) is 10.0 Å². The fourth-order valence-corrected chi connectivity index (χ4v) is 2.23. The standard InChI is InChI=1S/C15H15ClN2OS/c1-9-7-11(19-2)4-6-13(9)18-14-8-10(16)3-5-12(14)15(17)20/h3-8,18H,1-2H3,(H2,17,20). The molecule has 2 rings (SSSR count). The molecule has 0 aromatic heterocycles. The molecule has 0 heterocycles. The largest absolute Gasteiger partial charge is 0.497 e. The Balaban J connectivity index is 2.39. The van der Waals surface area contributed by atoms with Crippen LogP contribution in [0.4, 0.5) is 11.4 Å². The van der Waals surface area contributed by atoms with Gasteiger partial charge in [-0.1, -0.05) is 23.8 Å². The molecular weight excluding hydrogens is 292 g/mol. The lowest BCUT2D eigenvalue weighted by Gasteiger charge is -2.14. The van der Waals surface area contributed by atoms with E-state index >= 15 is 0 Å². The number of ether oxygens (including phenoxy) is 1. The second kappa shape index (κ2) is 6.11. The van der Waals surface area contributed by atoms with Crippen LogP contribution in [0.3, 0.4) is 0 Å². The van der Waals surface area contributed by atoms with E-state index < -0.39 is 0 Å². The topological polar surface area (TPSA) is 47.3 Å². The minimum atomic E-state index is 0.329. The second-order valence-corrected chi connectivity index (χ2v) is 5.24. The number of hydrogen-bond donors (Lipinski definition) is 2. The Bertz CT molecular complexity index is 658. The van der Waals surface area contributed by atoms with E-state index in [9.17, 15) is 0 Å². The minimum Gasteiger partial charge on any atom is -0.497 e. The highest BCUT2D eigenvalue weighted by atomic mass is 35.5. The van der Waals surface area contributed by atoms with Gasteiger partial charge in [-0.15, -0.1) is 0 Å². The Labute approximate surface area is 128 Å². The minimum absolute atomic E-state index is 0.329. The van der Waals surface area contributed by atoms with Crippen LogP contribution in [0.15, 0.2) is 36.4 Å². The first-order valence-electron chi connectivity index (χ1n) is 6.02. The first-order chi connectivity index (χ1) is 9.51. The van der Waals surface area contributed by atoms with E-state index in [4.69, 9.17) is 34.3 Å². The van der Waals surface area contributed by atoms with Crippen LogP contribution in [0.5, 0.6) is 5.75 Å². The summed E-state index contributed by atoms with van der Waals surface area (Å²) in [7, 11) is 1.64. The highest BCUT2D eigenvalue weighted by Gasteiger charge is 2.08. The summed E-state index contributed by atoms with van der Waals surface area (Å²) in [5.41, 5.74) is 9.29. The van der Waals surface area contributed by atoms with Gasteiger partial charge in [-0.3, -0.25) is 0 Å². The quantitative estimate of drug-likeness (QED) is 0.837. The Morgan fingerprint density at radius 2 is 1.95 bits per heavy atom. The molecule has 0 saturated carbocycles. The number of thiocarbonyl (C=S) groups is 1. The summed E-state index contributed by atoms with van der Waals surface area (Å²) in [5.74, 6) is 0.814. The highest BCUT2D eigenvalue weighted by Crippen LogP contribution is 2.28. The third-order valence-corrected chi connectivity index (χ3v) is 3.40. The fraction of sp³-hybridized carbons (Fsp3) is 0.133. The number of nitrogens with one attached hydrogen (secondary N) is 1. The molecule has 0 saturated heterocycles. The summed E-state index contributed by atoms with van der Waals surface area (Å²) in [6.07, 6.45) is 0. The summed E-state index contributed by atoms with van der Waals surface area (Å²) < 4.78 is 5.19. The van der Waals surface area contributed by atoms with Crippen molar-refractivity contribution in [3.05, 3.63) is 52.5 Å². The molecule has 0 aliphatic rings. The molecule has 3 nitrogen and oxygen atoms in total. The fourth-order valence-electron chi connectivity index (χ4n) is 1.88. The van der Waals surface area contributed by atoms with Crippen molar-refractivity contribution in [2.75, 3.05) is 12.4 Å². The zero-order chi connectivity index (χ0) is 14.7. The molecule has 3 N–H and O–H groups in total. The molecule has 0 fully saturated rings. The van der Waals surface area contributed by atoms with Gasteiger partial charge in [0.15, 0.2) is 0 Å². The van der Waals surface area contributed by atoms with Gasteiger partial charge in [-0.25, -0.2) is 0 Å². The van der Waals surface area contributed by atoms with E-state index in [1.165, 1.54) is 0 Å². The van der Waals surface area contributed by atoms with Crippen molar-refractivity contribution in [3.8, 4) is 5.75 Å². The predicted molar refractivity (Wildman–Crippen MR) is 88.4 cm³/mol. The average molecular weight is 307 g/mol. The number of methoxy groups -OCH3 is 1. The number of aryl methyl sites for hydroxylation is 1. The number of halogens is 1. The number of hydrogen-bond acceptors (Lipinski definition) is 3. The highest BCUT2D eigenvalue weighted by molar-refractivity contribution is 7.80. The van der Waals surface area contributed by atoms with Crippen LogP contribution in [0.2, 0.25) is 5.02 Å². The molecule has 2 aromatic rings. The lowest BCUT2D eigenvalue weighted by molar-refractivity contribution is 0.414. The zero-order valence-corrected chi connectivity index (χ0v) is 12.8. The Hall–Kier alpha value is -1.78. The van der Waals surface area contributed by atoms with Crippen LogP contribution in [-0.2, 0) is 0 Å². The number of rotatable bonds is 4. The zero-order valence-electron chi connectivity index (χ0n) is 11.2. The second-order valence-electron chi connectivity index (χ2n) is 4.36. The van der Waals surface area contributed by atoms with Gasteiger partial charge in [-0.05, 0) is 48.9 Å². The van der Waals surface area contributed by atoms with Crippen LogP contribution < -0.4 is 15.8 Å². The lowest BCUT2D eigenvalue weighted by atomic mass is 10.1. The van der Waals surface area contributed by atoms with Gasteiger partial charge in [0.25, 0.3) is 0 Å². The van der Waals surface area contributed by atoms with Gasteiger partial charge < -0.3 is 15.8 Å². The predicted octanol–water partition coefficient (Wildman–Crippen LogP) is 4.03. The summed E-state index contributed by atoms with van der Waals surface area (Å²) in [4.78, 5) is 0.329. The Kier molecular flexibility index (Phi) is 4.47. The molecular formula is C15H15ClN2OS.